The van der Waals surface area contributed by atoms with Crippen molar-refractivity contribution in [1.29, 1.82) is 0 Å². The van der Waals surface area contributed by atoms with Crippen molar-refractivity contribution >= 4 is 23.2 Å². The van der Waals surface area contributed by atoms with E-state index in [-0.39, 0.29) is 22.2 Å². The van der Waals surface area contributed by atoms with Crippen LogP contribution in [0.1, 0.15) is 33.6 Å². The largest absolute Gasteiger partial charge is 0.457 e. The third-order valence-electron chi connectivity index (χ3n) is 1.78. The molecule has 4 nitrogen and oxygen atoms in total. The van der Waals surface area contributed by atoms with Gasteiger partial charge in [0.1, 0.15) is 5.60 Å². The molecule has 1 rings (SSSR count). The molecule has 0 spiro atoms. The van der Waals surface area contributed by atoms with Crippen molar-refractivity contribution in [1.82, 2.24) is 15.0 Å². The Morgan fingerprint density at radius 1 is 1.13 bits per heavy atom. The minimum atomic E-state index is -0.331. The summed E-state index contributed by atoms with van der Waals surface area (Å²) in [6.45, 7) is 6.00. The third-order valence-corrected chi connectivity index (χ3v) is 2.12. The lowest BCUT2D eigenvalue weighted by Gasteiger charge is -2.24. The molecule has 1 aromatic heterocycles. The van der Waals surface area contributed by atoms with Gasteiger partial charge in [0, 0.05) is 0 Å². The standard InChI is InChI=1S/C9H13Cl2N3O/c1-4-5-9(2,3)15-8-13-6(10)12-7(11)14-8/h4-5H2,1-3H3. The van der Waals surface area contributed by atoms with E-state index in [4.69, 9.17) is 27.9 Å². The highest BCUT2D eigenvalue weighted by Crippen LogP contribution is 2.20. The molecule has 0 aliphatic heterocycles. The average Bonchev–Trinajstić information content (AvgIpc) is 1.99. The van der Waals surface area contributed by atoms with Crippen LogP contribution < -0.4 is 4.74 Å². The molecule has 1 heterocycles. The van der Waals surface area contributed by atoms with Gasteiger partial charge < -0.3 is 4.74 Å². The zero-order valence-electron chi connectivity index (χ0n) is 8.92. The van der Waals surface area contributed by atoms with Gasteiger partial charge in [-0.2, -0.15) is 15.0 Å². The fraction of sp³-hybridized carbons (Fsp3) is 0.667. The van der Waals surface area contributed by atoms with Crippen molar-refractivity contribution in [3.8, 4) is 6.01 Å². The summed E-state index contributed by atoms with van der Waals surface area (Å²) in [5.74, 6) is 0. The predicted molar refractivity (Wildman–Crippen MR) is 59.5 cm³/mol. The molecule has 0 amide bonds. The maximum absolute atomic E-state index is 5.63. The number of aromatic nitrogens is 3. The number of hydrogen-bond donors (Lipinski definition) is 0. The van der Waals surface area contributed by atoms with Crippen LogP contribution in [0.15, 0.2) is 0 Å². The van der Waals surface area contributed by atoms with Gasteiger partial charge in [0.15, 0.2) is 0 Å². The lowest BCUT2D eigenvalue weighted by molar-refractivity contribution is 0.0860. The van der Waals surface area contributed by atoms with Crippen LogP contribution in [-0.4, -0.2) is 20.6 Å². The molecule has 0 atom stereocenters. The van der Waals surface area contributed by atoms with Crippen LogP contribution in [0.4, 0.5) is 0 Å². The summed E-state index contributed by atoms with van der Waals surface area (Å²) in [6, 6.07) is 0.165. The summed E-state index contributed by atoms with van der Waals surface area (Å²) in [5, 5.41) is 0.0783. The highest BCUT2D eigenvalue weighted by molar-refractivity contribution is 6.31. The van der Waals surface area contributed by atoms with Crippen molar-refractivity contribution in [3.05, 3.63) is 10.6 Å². The van der Waals surface area contributed by atoms with Crippen molar-refractivity contribution in [2.24, 2.45) is 0 Å². The van der Waals surface area contributed by atoms with Gasteiger partial charge in [-0.3, -0.25) is 0 Å². The summed E-state index contributed by atoms with van der Waals surface area (Å²) in [7, 11) is 0. The molecule has 6 heteroatoms. The summed E-state index contributed by atoms with van der Waals surface area (Å²) in [5.41, 5.74) is -0.331. The lowest BCUT2D eigenvalue weighted by Crippen LogP contribution is -2.28. The van der Waals surface area contributed by atoms with E-state index in [1.807, 2.05) is 13.8 Å². The molecule has 0 bridgehead atoms. The Kier molecular flexibility index (Phi) is 4.11. The van der Waals surface area contributed by atoms with E-state index in [0.29, 0.717) is 0 Å². The van der Waals surface area contributed by atoms with Crippen LogP contribution in [-0.2, 0) is 0 Å². The molecule has 0 saturated heterocycles. The van der Waals surface area contributed by atoms with Gasteiger partial charge in [-0.1, -0.05) is 13.3 Å². The molecule has 0 aromatic carbocycles. The summed E-state index contributed by atoms with van der Waals surface area (Å²) in [6.07, 6.45) is 1.91. The molecule has 0 radical (unpaired) electrons. The molecular weight excluding hydrogens is 237 g/mol. The fourth-order valence-electron chi connectivity index (χ4n) is 1.25. The first kappa shape index (κ1) is 12.5. The zero-order valence-corrected chi connectivity index (χ0v) is 10.4. The van der Waals surface area contributed by atoms with Crippen LogP contribution in [0.5, 0.6) is 6.01 Å². The number of nitrogens with zero attached hydrogens (tertiary/aromatic N) is 3. The smallest absolute Gasteiger partial charge is 0.322 e. The van der Waals surface area contributed by atoms with Crippen LogP contribution in [0, 0.1) is 0 Å². The molecule has 0 aliphatic rings. The van der Waals surface area contributed by atoms with Gasteiger partial charge in [-0.05, 0) is 43.5 Å². The molecular formula is C9H13Cl2N3O. The summed E-state index contributed by atoms with van der Waals surface area (Å²) < 4.78 is 5.57. The SMILES string of the molecule is CCCC(C)(C)Oc1nc(Cl)nc(Cl)n1. The number of rotatable bonds is 4. The van der Waals surface area contributed by atoms with Crippen molar-refractivity contribution in [2.45, 2.75) is 39.2 Å². The first-order chi connectivity index (χ1) is 6.93. The minimum Gasteiger partial charge on any atom is -0.457 e. The highest BCUT2D eigenvalue weighted by Gasteiger charge is 2.20. The topological polar surface area (TPSA) is 47.9 Å². The maximum Gasteiger partial charge on any atom is 0.322 e. The second-order valence-corrected chi connectivity index (χ2v) is 4.44. The van der Waals surface area contributed by atoms with Crippen LogP contribution >= 0.6 is 23.2 Å². The molecule has 0 saturated carbocycles. The summed E-state index contributed by atoms with van der Waals surface area (Å²) in [4.78, 5) is 11.3. The lowest BCUT2D eigenvalue weighted by atomic mass is 10.0. The molecule has 0 fully saturated rings. The van der Waals surface area contributed by atoms with Gasteiger partial charge in [-0.15, -0.1) is 0 Å². The number of ether oxygens (including phenoxy) is 1. The van der Waals surface area contributed by atoms with E-state index in [1.165, 1.54) is 0 Å². The monoisotopic (exact) mass is 249 g/mol. The highest BCUT2D eigenvalue weighted by atomic mass is 35.5. The second kappa shape index (κ2) is 4.94. The number of halogens is 2. The quantitative estimate of drug-likeness (QED) is 0.823. The van der Waals surface area contributed by atoms with Crippen molar-refractivity contribution in [3.63, 3.8) is 0 Å². The zero-order chi connectivity index (χ0) is 11.5. The molecule has 0 N–H and O–H groups in total. The van der Waals surface area contributed by atoms with Gasteiger partial charge in [0.05, 0.1) is 0 Å². The van der Waals surface area contributed by atoms with E-state index in [1.54, 1.807) is 0 Å². The van der Waals surface area contributed by atoms with Gasteiger partial charge in [-0.25, -0.2) is 0 Å². The van der Waals surface area contributed by atoms with Gasteiger partial charge in [0.25, 0.3) is 0 Å². The van der Waals surface area contributed by atoms with E-state index >= 15 is 0 Å². The van der Waals surface area contributed by atoms with Gasteiger partial charge in [0.2, 0.25) is 10.6 Å². The molecule has 0 aliphatic carbocycles. The van der Waals surface area contributed by atoms with E-state index < -0.39 is 0 Å². The van der Waals surface area contributed by atoms with Gasteiger partial charge >= 0.3 is 6.01 Å². The average molecular weight is 250 g/mol. The first-order valence-corrected chi connectivity index (χ1v) is 5.44. The molecule has 0 unspecified atom stereocenters. The van der Waals surface area contributed by atoms with E-state index in [0.717, 1.165) is 12.8 Å². The Labute approximate surface area is 99.0 Å². The Morgan fingerprint density at radius 2 is 1.67 bits per heavy atom. The Balaban J connectivity index is 2.80. The Hall–Kier alpha value is -0.610. The Bertz CT molecular complexity index is 324. The van der Waals surface area contributed by atoms with Crippen molar-refractivity contribution < 1.29 is 4.74 Å². The molecule has 84 valence electrons. The fourth-order valence-corrected chi connectivity index (χ4v) is 1.60. The molecule has 15 heavy (non-hydrogen) atoms. The van der Waals surface area contributed by atoms with E-state index in [2.05, 4.69) is 21.9 Å². The summed E-state index contributed by atoms with van der Waals surface area (Å²) >= 11 is 11.3. The van der Waals surface area contributed by atoms with E-state index in [9.17, 15) is 0 Å². The predicted octanol–water partition coefficient (Wildman–Crippen LogP) is 3.14. The first-order valence-electron chi connectivity index (χ1n) is 4.69. The van der Waals surface area contributed by atoms with Crippen LogP contribution in [0.25, 0.3) is 0 Å². The third kappa shape index (κ3) is 4.18. The Morgan fingerprint density at radius 3 is 2.13 bits per heavy atom. The van der Waals surface area contributed by atoms with Crippen LogP contribution in [0.3, 0.4) is 0 Å². The molecule has 1 aromatic rings. The normalized spacial score (nSPS) is 11.5. The minimum absolute atomic E-state index is 0.0392. The van der Waals surface area contributed by atoms with Crippen molar-refractivity contribution in [2.75, 3.05) is 0 Å². The van der Waals surface area contributed by atoms with Crippen LogP contribution in [0.2, 0.25) is 10.6 Å². The second-order valence-electron chi connectivity index (χ2n) is 3.77. The maximum atomic E-state index is 5.63. The number of hydrogen-bond acceptors (Lipinski definition) is 4.